The van der Waals surface area contributed by atoms with Crippen LogP contribution in [-0.4, -0.2) is 61.2 Å². The first-order valence-corrected chi connectivity index (χ1v) is 15.0. The maximum absolute atomic E-state index is 15.2. The number of nitroso groups, excluding NO2 is 1. The van der Waals surface area contributed by atoms with Crippen LogP contribution in [0.1, 0.15) is 48.3 Å². The Morgan fingerprint density at radius 1 is 1.02 bits per heavy atom. The van der Waals surface area contributed by atoms with Crippen molar-refractivity contribution in [3.63, 3.8) is 0 Å². The molecule has 3 saturated heterocycles. The predicted molar refractivity (Wildman–Crippen MR) is 159 cm³/mol. The number of carbonyl (C=O) groups excluding carboxylic acids is 1. The van der Waals surface area contributed by atoms with E-state index in [0.717, 1.165) is 56.3 Å². The standard InChI is InChI=1S/C33H36F2N4O4/c1-21-15-24(22-7-11-38(12-8-22)27-19-42-20-27)5-6-25(21)18-43-32-28(16-26(34)17-29(32)35)30-3-2-4-31(36-30)39-13-9-23(10-14-39)33(40)37-41/h2-6,15-17,22-23,27H,7-14,18-20H2,1H3. The number of carbonyl (C=O) groups is 1. The van der Waals surface area contributed by atoms with Crippen molar-refractivity contribution >= 4 is 11.7 Å². The molecule has 2 aromatic carbocycles. The Labute approximate surface area is 250 Å². The van der Waals surface area contributed by atoms with E-state index in [1.165, 1.54) is 11.6 Å². The summed E-state index contributed by atoms with van der Waals surface area (Å²) in [5.74, 6) is -1.43. The number of aromatic nitrogens is 1. The molecule has 1 amide bonds. The molecule has 0 N–H and O–H groups in total. The van der Waals surface area contributed by atoms with Crippen LogP contribution in [0.5, 0.6) is 5.75 Å². The van der Waals surface area contributed by atoms with Crippen molar-refractivity contribution in [3.8, 4) is 17.0 Å². The number of nitrogens with zero attached hydrogens (tertiary/aromatic N) is 4. The number of ether oxygens (including phenoxy) is 2. The van der Waals surface area contributed by atoms with Gasteiger partial charge in [0.15, 0.2) is 11.6 Å². The van der Waals surface area contributed by atoms with E-state index >= 15 is 4.39 Å². The number of amides is 1. The summed E-state index contributed by atoms with van der Waals surface area (Å²) in [6.45, 7) is 7.08. The van der Waals surface area contributed by atoms with E-state index in [1.807, 2.05) is 24.0 Å². The third-order valence-electron chi connectivity index (χ3n) is 9.15. The number of rotatable bonds is 8. The molecule has 4 heterocycles. The molecule has 0 aliphatic carbocycles. The van der Waals surface area contributed by atoms with Crippen LogP contribution in [0.25, 0.3) is 11.3 Å². The minimum absolute atomic E-state index is 0.0526. The van der Waals surface area contributed by atoms with Crippen LogP contribution in [0.2, 0.25) is 0 Å². The highest BCUT2D eigenvalue weighted by Gasteiger charge is 2.30. The fourth-order valence-corrected chi connectivity index (χ4v) is 6.39. The largest absolute Gasteiger partial charge is 0.485 e. The molecule has 3 aliphatic rings. The molecule has 0 bridgehead atoms. The van der Waals surface area contributed by atoms with E-state index in [-0.39, 0.29) is 23.8 Å². The van der Waals surface area contributed by atoms with Gasteiger partial charge in [-0.3, -0.25) is 9.69 Å². The molecule has 1 aromatic heterocycles. The molecule has 0 atom stereocenters. The van der Waals surface area contributed by atoms with Gasteiger partial charge in [-0.1, -0.05) is 24.3 Å². The van der Waals surface area contributed by atoms with Crippen molar-refractivity contribution in [2.75, 3.05) is 44.3 Å². The van der Waals surface area contributed by atoms with Gasteiger partial charge >= 0.3 is 0 Å². The molecule has 8 nitrogen and oxygen atoms in total. The molecule has 10 heteroatoms. The van der Waals surface area contributed by atoms with Crippen LogP contribution in [0, 0.1) is 29.4 Å². The summed E-state index contributed by atoms with van der Waals surface area (Å²) in [7, 11) is 0. The van der Waals surface area contributed by atoms with Crippen molar-refractivity contribution in [2.45, 2.75) is 51.2 Å². The van der Waals surface area contributed by atoms with Crippen LogP contribution >= 0.6 is 0 Å². The summed E-state index contributed by atoms with van der Waals surface area (Å²) in [5.41, 5.74) is 3.93. The summed E-state index contributed by atoms with van der Waals surface area (Å²) in [5, 5.41) is 2.56. The molecule has 43 heavy (non-hydrogen) atoms. The van der Waals surface area contributed by atoms with E-state index in [9.17, 15) is 14.1 Å². The Morgan fingerprint density at radius 2 is 1.79 bits per heavy atom. The van der Waals surface area contributed by atoms with Gasteiger partial charge < -0.3 is 14.4 Å². The van der Waals surface area contributed by atoms with Gasteiger partial charge in [0.1, 0.15) is 18.2 Å². The molecular weight excluding hydrogens is 554 g/mol. The summed E-state index contributed by atoms with van der Waals surface area (Å²) in [6, 6.07) is 14.3. The zero-order chi connectivity index (χ0) is 29.9. The topological polar surface area (TPSA) is 84.3 Å². The second-order valence-electron chi connectivity index (χ2n) is 11.8. The highest BCUT2D eigenvalue weighted by Crippen LogP contribution is 2.36. The maximum atomic E-state index is 15.2. The first kappa shape index (κ1) is 29.3. The zero-order valence-corrected chi connectivity index (χ0v) is 24.3. The zero-order valence-electron chi connectivity index (χ0n) is 24.3. The average molecular weight is 591 g/mol. The first-order chi connectivity index (χ1) is 20.9. The second kappa shape index (κ2) is 12.9. The molecule has 0 radical (unpaired) electrons. The smallest absolute Gasteiger partial charge is 0.289 e. The molecule has 6 rings (SSSR count). The second-order valence-corrected chi connectivity index (χ2v) is 11.8. The molecule has 0 unspecified atom stereocenters. The van der Waals surface area contributed by atoms with Crippen molar-refractivity contribution in [1.82, 2.24) is 9.88 Å². The molecule has 226 valence electrons. The molecular formula is C33H36F2N4O4. The average Bonchev–Trinajstić information content (AvgIpc) is 3.00. The molecule has 0 spiro atoms. The fourth-order valence-electron chi connectivity index (χ4n) is 6.39. The minimum Gasteiger partial charge on any atom is -0.485 e. The maximum Gasteiger partial charge on any atom is 0.289 e. The van der Waals surface area contributed by atoms with Crippen molar-refractivity contribution in [3.05, 3.63) is 81.8 Å². The number of likely N-dealkylation sites (tertiary alicyclic amines) is 1. The van der Waals surface area contributed by atoms with Crippen molar-refractivity contribution < 1.29 is 23.0 Å². The van der Waals surface area contributed by atoms with Crippen molar-refractivity contribution in [1.29, 1.82) is 0 Å². The molecule has 3 aromatic rings. The Balaban J connectivity index is 1.15. The number of anilines is 1. The van der Waals surface area contributed by atoms with Gasteiger partial charge in [0.25, 0.3) is 5.91 Å². The van der Waals surface area contributed by atoms with E-state index in [1.54, 1.807) is 12.1 Å². The Kier molecular flexibility index (Phi) is 8.76. The van der Waals surface area contributed by atoms with Gasteiger partial charge in [0.2, 0.25) is 0 Å². The van der Waals surface area contributed by atoms with E-state index < -0.39 is 17.5 Å². The minimum atomic E-state index is -0.791. The van der Waals surface area contributed by atoms with E-state index in [2.05, 4.69) is 22.2 Å². The third-order valence-corrected chi connectivity index (χ3v) is 9.15. The SMILES string of the molecule is Cc1cc(C2CCN(C3COC3)CC2)ccc1COc1c(F)cc(F)cc1-c1cccc(N2CCC(C(=O)N=O)CC2)n1. The monoisotopic (exact) mass is 590 g/mol. The van der Waals surface area contributed by atoms with Crippen LogP contribution in [0.15, 0.2) is 53.7 Å². The lowest BCUT2D eigenvalue weighted by Gasteiger charge is -2.41. The number of hydrogen-bond donors (Lipinski definition) is 0. The fraction of sp³-hybridized carbons (Fsp3) is 0.455. The van der Waals surface area contributed by atoms with Crippen LogP contribution in [0.3, 0.4) is 0 Å². The number of benzene rings is 2. The number of hydrogen-bond acceptors (Lipinski definition) is 7. The van der Waals surface area contributed by atoms with Gasteiger partial charge in [-0.05, 0) is 86.5 Å². The first-order valence-electron chi connectivity index (χ1n) is 15.0. The molecule has 3 fully saturated rings. The predicted octanol–water partition coefficient (Wildman–Crippen LogP) is 6.00. The van der Waals surface area contributed by atoms with Gasteiger partial charge in [-0.2, -0.15) is 0 Å². The van der Waals surface area contributed by atoms with Gasteiger partial charge in [0, 0.05) is 35.8 Å². The summed E-state index contributed by atoms with van der Waals surface area (Å²) in [6.07, 6.45) is 3.22. The third kappa shape index (κ3) is 6.45. The van der Waals surface area contributed by atoms with E-state index in [0.29, 0.717) is 49.4 Å². The van der Waals surface area contributed by atoms with Gasteiger partial charge in [0.05, 0.1) is 24.9 Å². The van der Waals surface area contributed by atoms with Crippen molar-refractivity contribution in [2.24, 2.45) is 11.1 Å². The highest BCUT2D eigenvalue weighted by atomic mass is 19.1. The Hall–Kier alpha value is -3.76. The Bertz CT molecular complexity index is 1480. The number of aryl methyl sites for hydroxylation is 1. The number of piperidine rings is 2. The van der Waals surface area contributed by atoms with Gasteiger partial charge in [-0.15, -0.1) is 4.91 Å². The lowest BCUT2D eigenvalue weighted by Crippen LogP contribution is -2.51. The Morgan fingerprint density at radius 3 is 2.47 bits per heavy atom. The summed E-state index contributed by atoms with van der Waals surface area (Å²) < 4.78 is 41.0. The summed E-state index contributed by atoms with van der Waals surface area (Å²) >= 11 is 0. The lowest BCUT2D eigenvalue weighted by atomic mass is 9.87. The van der Waals surface area contributed by atoms with Crippen LogP contribution in [0.4, 0.5) is 14.6 Å². The highest BCUT2D eigenvalue weighted by molar-refractivity contribution is 5.79. The summed E-state index contributed by atoms with van der Waals surface area (Å²) in [4.78, 5) is 31.5. The molecule has 0 saturated carbocycles. The van der Waals surface area contributed by atoms with Gasteiger partial charge in [-0.25, -0.2) is 13.8 Å². The normalized spacial score (nSPS) is 18.8. The quantitative estimate of drug-likeness (QED) is 0.298. The lowest BCUT2D eigenvalue weighted by molar-refractivity contribution is -0.122. The van der Waals surface area contributed by atoms with Crippen LogP contribution in [-0.2, 0) is 16.1 Å². The number of halogens is 2. The molecule has 3 aliphatic heterocycles. The van der Waals surface area contributed by atoms with E-state index in [4.69, 9.17) is 14.5 Å². The number of pyridine rings is 1. The van der Waals surface area contributed by atoms with Crippen LogP contribution < -0.4 is 9.64 Å².